The van der Waals surface area contributed by atoms with Crippen LogP contribution >= 0.6 is 0 Å². The second-order valence-corrected chi connectivity index (χ2v) is 6.87. The van der Waals surface area contributed by atoms with E-state index in [2.05, 4.69) is 20.8 Å². The summed E-state index contributed by atoms with van der Waals surface area (Å²) in [6.45, 7) is 8.44. The summed E-state index contributed by atoms with van der Waals surface area (Å²) >= 11 is 0. The summed E-state index contributed by atoms with van der Waals surface area (Å²) in [7, 11) is 0. The molecule has 0 amide bonds. The highest BCUT2D eigenvalue weighted by atomic mass is 16.6. The minimum Gasteiger partial charge on any atom is -0.453 e. The minimum absolute atomic E-state index is 0.246. The monoisotopic (exact) mass is 298 g/mol. The molecule has 0 aromatic rings. The van der Waals surface area contributed by atoms with Crippen molar-refractivity contribution in [3.05, 3.63) is 0 Å². The van der Waals surface area contributed by atoms with Gasteiger partial charge in [-0.3, -0.25) is 4.79 Å². The van der Waals surface area contributed by atoms with Gasteiger partial charge in [0, 0.05) is 0 Å². The zero-order valence-electron chi connectivity index (χ0n) is 13.9. The van der Waals surface area contributed by atoms with Crippen LogP contribution in [0, 0.1) is 5.92 Å². The molecule has 2 heterocycles. The van der Waals surface area contributed by atoms with E-state index < -0.39 is 17.3 Å². The van der Waals surface area contributed by atoms with E-state index in [1.54, 1.807) is 0 Å². The Morgan fingerprint density at radius 3 is 2.57 bits per heavy atom. The number of aliphatic hydroxyl groups is 1. The van der Waals surface area contributed by atoms with E-state index in [-0.39, 0.29) is 18.5 Å². The summed E-state index contributed by atoms with van der Waals surface area (Å²) in [6.07, 6.45) is 4.99. The van der Waals surface area contributed by atoms with Crippen LogP contribution in [0.3, 0.4) is 0 Å². The number of carbonyl (C=O) groups is 1. The van der Waals surface area contributed by atoms with E-state index in [4.69, 9.17) is 9.47 Å². The SMILES string of the molecule is CCCC[C@H](C)C[C@]1(CC)O[C@H]2CC(=O)O[C@@]2(CC)[C@H]1O. The molecule has 1 N–H and O–H groups in total. The molecule has 2 aliphatic rings. The van der Waals surface area contributed by atoms with Crippen LogP contribution in [-0.4, -0.2) is 34.5 Å². The number of unbranched alkanes of at least 4 members (excludes halogenated alkanes) is 1. The molecule has 4 nitrogen and oxygen atoms in total. The molecular weight excluding hydrogens is 268 g/mol. The maximum Gasteiger partial charge on any atom is 0.309 e. The minimum atomic E-state index is -0.822. The van der Waals surface area contributed by atoms with E-state index in [1.165, 1.54) is 12.8 Å². The number of hydrogen-bond acceptors (Lipinski definition) is 4. The largest absolute Gasteiger partial charge is 0.453 e. The highest BCUT2D eigenvalue weighted by molar-refractivity contribution is 5.74. The maximum absolute atomic E-state index is 11.6. The van der Waals surface area contributed by atoms with Gasteiger partial charge in [-0.2, -0.15) is 0 Å². The van der Waals surface area contributed by atoms with Crippen molar-refractivity contribution >= 4 is 5.97 Å². The fourth-order valence-electron chi connectivity index (χ4n) is 4.13. The third-order valence-corrected chi connectivity index (χ3v) is 5.43. The van der Waals surface area contributed by atoms with Gasteiger partial charge in [0.25, 0.3) is 0 Å². The van der Waals surface area contributed by atoms with E-state index in [0.717, 1.165) is 19.3 Å². The fourth-order valence-corrected chi connectivity index (χ4v) is 4.13. The van der Waals surface area contributed by atoms with Crippen LogP contribution in [0.1, 0.15) is 72.6 Å². The molecule has 2 fully saturated rings. The molecule has 0 spiro atoms. The van der Waals surface area contributed by atoms with Gasteiger partial charge in [-0.1, -0.05) is 47.0 Å². The summed E-state index contributed by atoms with van der Waals surface area (Å²) in [4.78, 5) is 11.6. The van der Waals surface area contributed by atoms with Crippen molar-refractivity contribution in [2.45, 2.75) is 96.1 Å². The van der Waals surface area contributed by atoms with Crippen LogP contribution in [0.15, 0.2) is 0 Å². The third kappa shape index (κ3) is 2.72. The number of fused-ring (bicyclic) bond motifs is 1. The summed E-state index contributed by atoms with van der Waals surface area (Å²) in [5.74, 6) is 0.257. The Kier molecular flexibility index (Phi) is 4.99. The van der Waals surface area contributed by atoms with Gasteiger partial charge in [0.15, 0.2) is 5.60 Å². The molecule has 0 radical (unpaired) electrons. The lowest BCUT2D eigenvalue weighted by Gasteiger charge is -2.37. The number of esters is 1. The predicted octanol–water partition coefficient (Wildman–Crippen LogP) is 3.21. The summed E-state index contributed by atoms with van der Waals surface area (Å²) in [5, 5.41) is 11.0. The third-order valence-electron chi connectivity index (χ3n) is 5.43. The van der Waals surface area contributed by atoms with Crippen LogP contribution < -0.4 is 0 Å². The molecular formula is C17H30O4. The molecule has 0 saturated carbocycles. The molecule has 122 valence electrons. The number of carbonyl (C=O) groups excluding carboxylic acids is 1. The van der Waals surface area contributed by atoms with Crippen LogP contribution in [-0.2, 0) is 14.3 Å². The van der Waals surface area contributed by atoms with Gasteiger partial charge in [-0.25, -0.2) is 0 Å². The first-order valence-corrected chi connectivity index (χ1v) is 8.51. The molecule has 21 heavy (non-hydrogen) atoms. The first-order chi connectivity index (χ1) is 9.94. The molecule has 0 aromatic heterocycles. The molecule has 2 aliphatic heterocycles. The van der Waals surface area contributed by atoms with Gasteiger partial charge >= 0.3 is 5.97 Å². The van der Waals surface area contributed by atoms with E-state index in [0.29, 0.717) is 12.3 Å². The van der Waals surface area contributed by atoms with Gasteiger partial charge in [0.05, 0.1) is 12.0 Å². The van der Waals surface area contributed by atoms with Crippen molar-refractivity contribution in [3.8, 4) is 0 Å². The van der Waals surface area contributed by atoms with Gasteiger partial charge in [0.1, 0.15) is 12.2 Å². The number of rotatable bonds is 7. The standard InChI is InChI=1S/C17H30O4/c1-5-8-9-12(4)11-16(6-2)15(19)17(7-3)13(20-16)10-14(18)21-17/h12-13,15,19H,5-11H2,1-4H3/t12-,13-,15-,16-,17+/m0/s1. The van der Waals surface area contributed by atoms with Crippen LogP contribution in [0.4, 0.5) is 0 Å². The van der Waals surface area contributed by atoms with Gasteiger partial charge in [-0.05, 0) is 25.2 Å². The van der Waals surface area contributed by atoms with E-state index in [9.17, 15) is 9.90 Å². The molecule has 0 unspecified atom stereocenters. The maximum atomic E-state index is 11.6. The average molecular weight is 298 g/mol. The summed E-state index contributed by atoms with van der Waals surface area (Å²) < 4.78 is 11.8. The first-order valence-electron chi connectivity index (χ1n) is 8.51. The van der Waals surface area contributed by atoms with Crippen LogP contribution in [0.2, 0.25) is 0 Å². The highest BCUT2D eigenvalue weighted by Crippen LogP contribution is 2.51. The Hall–Kier alpha value is -0.610. The van der Waals surface area contributed by atoms with E-state index >= 15 is 0 Å². The first kappa shape index (κ1) is 16.8. The van der Waals surface area contributed by atoms with E-state index in [1.807, 2.05) is 6.92 Å². The zero-order valence-corrected chi connectivity index (χ0v) is 13.9. The molecule has 2 saturated heterocycles. The van der Waals surface area contributed by atoms with Crippen LogP contribution in [0.5, 0.6) is 0 Å². The quantitative estimate of drug-likeness (QED) is 0.733. The van der Waals surface area contributed by atoms with Crippen molar-refractivity contribution in [3.63, 3.8) is 0 Å². The number of hydrogen-bond donors (Lipinski definition) is 1. The topological polar surface area (TPSA) is 55.8 Å². The Bertz CT molecular complexity index is 383. The lowest BCUT2D eigenvalue weighted by molar-refractivity contribution is -0.162. The van der Waals surface area contributed by atoms with Gasteiger partial charge in [-0.15, -0.1) is 0 Å². The highest BCUT2D eigenvalue weighted by Gasteiger charge is 2.67. The molecule has 4 heteroatoms. The Balaban J connectivity index is 2.16. The second kappa shape index (κ2) is 6.25. The Morgan fingerprint density at radius 2 is 2.05 bits per heavy atom. The van der Waals surface area contributed by atoms with Crippen molar-refractivity contribution in [2.24, 2.45) is 5.92 Å². The fraction of sp³-hybridized carbons (Fsp3) is 0.941. The average Bonchev–Trinajstić information content (AvgIpc) is 2.89. The molecule has 5 atom stereocenters. The molecule has 0 aromatic carbocycles. The number of aliphatic hydroxyl groups excluding tert-OH is 1. The van der Waals surface area contributed by atoms with Crippen molar-refractivity contribution in [1.29, 1.82) is 0 Å². The van der Waals surface area contributed by atoms with Crippen molar-refractivity contribution in [2.75, 3.05) is 0 Å². The molecule has 2 rings (SSSR count). The smallest absolute Gasteiger partial charge is 0.309 e. The molecule has 0 bridgehead atoms. The van der Waals surface area contributed by atoms with Crippen molar-refractivity contribution in [1.82, 2.24) is 0 Å². The second-order valence-electron chi connectivity index (χ2n) is 6.87. The summed E-state index contributed by atoms with van der Waals surface area (Å²) in [6, 6.07) is 0. The number of ether oxygens (including phenoxy) is 2. The summed E-state index contributed by atoms with van der Waals surface area (Å²) in [5.41, 5.74) is -1.38. The Morgan fingerprint density at radius 1 is 1.33 bits per heavy atom. The normalized spacial score (nSPS) is 40.1. The van der Waals surface area contributed by atoms with Gasteiger partial charge < -0.3 is 14.6 Å². The van der Waals surface area contributed by atoms with Crippen molar-refractivity contribution < 1.29 is 19.4 Å². The predicted molar refractivity (Wildman–Crippen MR) is 80.9 cm³/mol. The zero-order chi connectivity index (χ0) is 15.7. The lowest BCUT2D eigenvalue weighted by Crippen LogP contribution is -2.51. The molecule has 0 aliphatic carbocycles. The van der Waals surface area contributed by atoms with Crippen LogP contribution in [0.25, 0.3) is 0 Å². The van der Waals surface area contributed by atoms with Gasteiger partial charge in [0.2, 0.25) is 0 Å². The lowest BCUT2D eigenvalue weighted by atomic mass is 9.76. The Labute approximate surface area is 128 Å².